The predicted molar refractivity (Wildman–Crippen MR) is 150 cm³/mol. The Morgan fingerprint density at radius 2 is 1.58 bits per heavy atom. The maximum atomic E-state index is 13.7. The summed E-state index contributed by atoms with van der Waals surface area (Å²) in [6.45, 7) is 2.19. The lowest BCUT2D eigenvalue weighted by Crippen LogP contribution is -2.36. The molecule has 208 valence electrons. The maximum absolute atomic E-state index is 13.7. The first-order chi connectivity index (χ1) is 18.2. The second kappa shape index (κ2) is 14.0. The maximum Gasteiger partial charge on any atom is 0.260 e. The smallest absolute Gasteiger partial charge is 0.260 e. The van der Waals surface area contributed by atoms with E-state index in [4.69, 9.17) is 19.2 Å². The van der Waals surface area contributed by atoms with Crippen molar-refractivity contribution in [3.63, 3.8) is 0 Å². The Labute approximate surface area is 228 Å². The number of aromatic nitrogens is 1. The fraction of sp³-hybridized carbons (Fsp3) is 0.462. The van der Waals surface area contributed by atoms with E-state index in [0.29, 0.717) is 23.0 Å². The van der Waals surface area contributed by atoms with Crippen molar-refractivity contribution in [1.82, 2.24) is 14.2 Å². The average Bonchev–Trinajstić information content (AvgIpc) is 3.33. The van der Waals surface area contributed by atoms with E-state index in [1.807, 2.05) is 32.3 Å². The predicted octanol–water partition coefficient (Wildman–Crippen LogP) is 3.19. The van der Waals surface area contributed by atoms with Gasteiger partial charge < -0.3 is 19.1 Å². The third-order valence-corrected chi connectivity index (χ3v) is 8.85. The van der Waals surface area contributed by atoms with Crippen molar-refractivity contribution in [2.24, 2.45) is 0 Å². The van der Waals surface area contributed by atoms with Gasteiger partial charge in [-0.2, -0.15) is 4.31 Å². The molecule has 0 aliphatic heterocycles. The molecule has 0 aliphatic rings. The summed E-state index contributed by atoms with van der Waals surface area (Å²) in [5.41, 5.74) is 1.13. The Balaban J connectivity index is 1.89. The van der Waals surface area contributed by atoms with Crippen LogP contribution in [-0.4, -0.2) is 103 Å². The van der Waals surface area contributed by atoms with Crippen LogP contribution in [0.15, 0.2) is 47.4 Å². The third kappa shape index (κ3) is 7.49. The van der Waals surface area contributed by atoms with Crippen molar-refractivity contribution >= 4 is 42.6 Å². The molecule has 1 heterocycles. The van der Waals surface area contributed by atoms with Crippen LogP contribution in [0.5, 0.6) is 5.75 Å². The normalized spacial score (nSPS) is 12.0. The molecular formula is C26H36N4O6S2. The second-order valence-electron chi connectivity index (χ2n) is 8.86. The minimum absolute atomic E-state index is 0.104. The Kier molecular flexibility index (Phi) is 11.0. The molecule has 0 bridgehead atoms. The van der Waals surface area contributed by atoms with E-state index in [1.165, 1.54) is 42.0 Å². The zero-order valence-electron chi connectivity index (χ0n) is 22.5. The highest BCUT2D eigenvalue weighted by atomic mass is 32.2. The Hall–Kier alpha value is -2.61. The Morgan fingerprint density at radius 3 is 2.16 bits per heavy atom. The molecule has 0 N–H and O–H groups in total. The fourth-order valence-corrected chi connectivity index (χ4v) is 6.16. The van der Waals surface area contributed by atoms with E-state index in [0.717, 1.165) is 23.2 Å². The quantitative estimate of drug-likeness (QED) is 0.277. The molecule has 0 spiro atoms. The van der Waals surface area contributed by atoms with Crippen LogP contribution in [0, 0.1) is 0 Å². The van der Waals surface area contributed by atoms with Gasteiger partial charge in [0.15, 0.2) is 5.13 Å². The molecule has 0 aliphatic carbocycles. The van der Waals surface area contributed by atoms with Gasteiger partial charge in [-0.15, -0.1) is 0 Å². The van der Waals surface area contributed by atoms with Crippen molar-refractivity contribution in [3.8, 4) is 5.75 Å². The summed E-state index contributed by atoms with van der Waals surface area (Å²) in [5.74, 6) is 0.455. The molecule has 1 amide bonds. The van der Waals surface area contributed by atoms with Crippen molar-refractivity contribution < 1.29 is 27.4 Å². The molecule has 0 fully saturated rings. The second-order valence-corrected chi connectivity index (χ2v) is 11.8. The van der Waals surface area contributed by atoms with Crippen molar-refractivity contribution in [2.45, 2.75) is 11.3 Å². The summed E-state index contributed by atoms with van der Waals surface area (Å²) in [7, 11) is 4.82. The zero-order chi connectivity index (χ0) is 27.7. The molecule has 0 saturated carbocycles. The first kappa shape index (κ1) is 29.9. The largest absolute Gasteiger partial charge is 0.497 e. The number of benzene rings is 2. The van der Waals surface area contributed by atoms with Crippen LogP contribution >= 0.6 is 11.3 Å². The number of rotatable bonds is 15. The van der Waals surface area contributed by atoms with E-state index in [9.17, 15) is 13.2 Å². The number of ether oxygens (including phenoxy) is 3. The third-order valence-electron chi connectivity index (χ3n) is 5.88. The molecule has 2 aromatic carbocycles. The van der Waals surface area contributed by atoms with Crippen LogP contribution in [0.25, 0.3) is 10.2 Å². The Morgan fingerprint density at radius 1 is 0.921 bits per heavy atom. The number of thiazole rings is 1. The molecule has 0 unspecified atom stereocenters. The van der Waals surface area contributed by atoms with E-state index >= 15 is 0 Å². The standard InChI is InChI=1S/C26H36N4O6S2/c1-28(2)13-6-14-30(26-27-23-19-21(36-5)9-12-24(23)37-26)25(31)20-7-10-22(11-8-20)38(32,33)29(15-17-34-3)16-18-35-4/h7-12,19H,6,13-18H2,1-5H3. The summed E-state index contributed by atoms with van der Waals surface area (Å²) in [6.07, 6.45) is 0.748. The van der Waals surface area contributed by atoms with Crippen LogP contribution in [0.4, 0.5) is 5.13 Å². The van der Waals surface area contributed by atoms with Gasteiger partial charge in [0, 0.05) is 45.5 Å². The van der Waals surface area contributed by atoms with Gasteiger partial charge in [0.25, 0.3) is 5.91 Å². The molecule has 12 heteroatoms. The number of fused-ring (bicyclic) bond motifs is 1. The summed E-state index contributed by atoms with van der Waals surface area (Å²) in [6, 6.07) is 11.7. The summed E-state index contributed by atoms with van der Waals surface area (Å²) in [5, 5.41) is 0.582. The Bertz CT molecular complexity index is 1290. The lowest BCUT2D eigenvalue weighted by molar-refractivity contribution is 0.0986. The summed E-state index contributed by atoms with van der Waals surface area (Å²) < 4.78 is 44.2. The number of carbonyl (C=O) groups excluding carboxylic acids is 1. The van der Waals surface area contributed by atoms with Gasteiger partial charge in [-0.25, -0.2) is 13.4 Å². The van der Waals surface area contributed by atoms with Gasteiger partial charge in [0.05, 0.1) is 35.4 Å². The molecule has 3 rings (SSSR count). The number of anilines is 1. The van der Waals surface area contributed by atoms with Crippen LogP contribution < -0.4 is 9.64 Å². The molecular weight excluding hydrogens is 528 g/mol. The van der Waals surface area contributed by atoms with Gasteiger partial charge >= 0.3 is 0 Å². The lowest BCUT2D eigenvalue weighted by Gasteiger charge is -2.22. The first-order valence-corrected chi connectivity index (χ1v) is 14.5. The van der Waals surface area contributed by atoms with E-state index in [-0.39, 0.29) is 37.1 Å². The molecule has 38 heavy (non-hydrogen) atoms. The van der Waals surface area contributed by atoms with E-state index in [2.05, 4.69) is 4.90 Å². The molecule has 3 aromatic rings. The highest BCUT2D eigenvalue weighted by Crippen LogP contribution is 2.32. The average molecular weight is 565 g/mol. The van der Waals surface area contributed by atoms with Gasteiger partial charge in [-0.05, 0) is 63.5 Å². The van der Waals surface area contributed by atoms with Gasteiger partial charge in [-0.1, -0.05) is 11.3 Å². The number of hydrogen-bond donors (Lipinski definition) is 0. The highest BCUT2D eigenvalue weighted by molar-refractivity contribution is 7.89. The number of methoxy groups -OCH3 is 3. The minimum atomic E-state index is -3.79. The fourth-order valence-electron chi connectivity index (χ4n) is 3.78. The number of nitrogens with zero attached hydrogens (tertiary/aromatic N) is 4. The molecule has 0 saturated heterocycles. The summed E-state index contributed by atoms with van der Waals surface area (Å²) >= 11 is 1.43. The number of hydrogen-bond acceptors (Lipinski definition) is 9. The summed E-state index contributed by atoms with van der Waals surface area (Å²) in [4.78, 5) is 22.2. The molecule has 1 aromatic heterocycles. The van der Waals surface area contributed by atoms with Crippen molar-refractivity contribution in [1.29, 1.82) is 0 Å². The van der Waals surface area contributed by atoms with Crippen LogP contribution in [0.3, 0.4) is 0 Å². The van der Waals surface area contributed by atoms with Gasteiger partial charge in [0.2, 0.25) is 10.0 Å². The monoisotopic (exact) mass is 564 g/mol. The van der Waals surface area contributed by atoms with Gasteiger partial charge in [0.1, 0.15) is 5.75 Å². The molecule has 10 nitrogen and oxygen atoms in total. The zero-order valence-corrected chi connectivity index (χ0v) is 24.2. The SMILES string of the molecule is COCCN(CCOC)S(=O)(=O)c1ccc(C(=O)N(CCCN(C)C)c2nc3cc(OC)ccc3s2)cc1. The molecule has 0 radical (unpaired) electrons. The van der Waals surface area contributed by atoms with Crippen LogP contribution in [0.1, 0.15) is 16.8 Å². The van der Waals surface area contributed by atoms with Crippen LogP contribution in [-0.2, 0) is 19.5 Å². The number of sulfonamides is 1. The highest BCUT2D eigenvalue weighted by Gasteiger charge is 2.26. The van der Waals surface area contributed by atoms with Gasteiger partial charge in [-0.3, -0.25) is 9.69 Å². The van der Waals surface area contributed by atoms with E-state index < -0.39 is 10.0 Å². The first-order valence-electron chi connectivity index (χ1n) is 12.2. The van der Waals surface area contributed by atoms with Crippen molar-refractivity contribution in [2.75, 3.05) is 79.7 Å². The number of amides is 1. The minimum Gasteiger partial charge on any atom is -0.497 e. The van der Waals surface area contributed by atoms with Crippen LogP contribution in [0.2, 0.25) is 0 Å². The van der Waals surface area contributed by atoms with E-state index in [1.54, 1.807) is 24.1 Å². The lowest BCUT2D eigenvalue weighted by atomic mass is 10.2. The topological polar surface area (TPSA) is 102 Å². The van der Waals surface area contributed by atoms with Crippen molar-refractivity contribution in [3.05, 3.63) is 48.0 Å². The number of carbonyl (C=O) groups is 1. The molecule has 0 atom stereocenters.